The summed E-state index contributed by atoms with van der Waals surface area (Å²) in [5, 5.41) is 13.4. The van der Waals surface area contributed by atoms with E-state index < -0.39 is 0 Å². The maximum atomic E-state index is 12.7. The van der Waals surface area contributed by atoms with Gasteiger partial charge in [0.2, 0.25) is 5.82 Å². The van der Waals surface area contributed by atoms with E-state index in [4.69, 9.17) is 0 Å². The van der Waals surface area contributed by atoms with Gasteiger partial charge >= 0.3 is 0 Å². The number of benzene rings is 2. The Hall–Kier alpha value is -2.80. The highest BCUT2D eigenvalue weighted by Gasteiger charge is 2.16. The summed E-state index contributed by atoms with van der Waals surface area (Å²) >= 11 is 3.48. The number of carbonyl (C=O) groups is 1. The molecule has 0 bridgehead atoms. The van der Waals surface area contributed by atoms with Gasteiger partial charge in [-0.1, -0.05) is 53.2 Å². The third-order valence-electron chi connectivity index (χ3n) is 4.34. The van der Waals surface area contributed by atoms with Crippen LogP contribution in [0, 0.1) is 0 Å². The number of rotatable bonds is 5. The van der Waals surface area contributed by atoms with Crippen LogP contribution in [-0.2, 0) is 13.0 Å². The number of aryl methyl sites for hydroxylation is 1. The van der Waals surface area contributed by atoms with Crippen molar-refractivity contribution in [3.63, 3.8) is 0 Å². The molecule has 2 heterocycles. The molecule has 0 spiro atoms. The number of carbonyl (C=O) groups excluding carboxylic acids is 1. The summed E-state index contributed by atoms with van der Waals surface area (Å²) in [6.45, 7) is 2.14. The molecule has 0 unspecified atom stereocenters. The molecular weight excluding hydrogens is 394 g/mol. The Bertz CT molecular complexity index is 1100. The number of hydrogen-bond acceptors (Lipinski definition) is 4. The predicted octanol–water partition coefficient (Wildman–Crippen LogP) is 4.03. The SMILES string of the molecule is CCc1cccc2c(C(=O)Cn3nnc(-c4ccccc4Br)n3)c[nH]c12. The minimum atomic E-state index is -0.0550. The summed E-state index contributed by atoms with van der Waals surface area (Å²) in [4.78, 5) is 17.3. The molecule has 0 radical (unpaired) electrons. The fraction of sp³-hybridized carbons (Fsp3) is 0.158. The zero-order valence-electron chi connectivity index (χ0n) is 14.1. The van der Waals surface area contributed by atoms with Crippen molar-refractivity contribution in [2.45, 2.75) is 19.9 Å². The molecule has 2 aromatic heterocycles. The first-order valence-electron chi connectivity index (χ1n) is 8.32. The van der Waals surface area contributed by atoms with Crippen LogP contribution >= 0.6 is 15.9 Å². The van der Waals surface area contributed by atoms with Gasteiger partial charge in [0.05, 0.1) is 0 Å². The maximum absolute atomic E-state index is 12.7. The molecule has 7 heteroatoms. The maximum Gasteiger partial charge on any atom is 0.206 e. The Balaban J connectivity index is 1.61. The highest BCUT2D eigenvalue weighted by molar-refractivity contribution is 9.10. The molecule has 0 aliphatic rings. The number of hydrogen-bond donors (Lipinski definition) is 1. The van der Waals surface area contributed by atoms with Gasteiger partial charge in [-0.3, -0.25) is 4.79 Å². The van der Waals surface area contributed by atoms with Gasteiger partial charge in [0, 0.05) is 32.7 Å². The van der Waals surface area contributed by atoms with Gasteiger partial charge in [0.25, 0.3) is 0 Å². The Kier molecular flexibility index (Phi) is 4.38. The summed E-state index contributed by atoms with van der Waals surface area (Å²) in [7, 11) is 0. The van der Waals surface area contributed by atoms with Crippen LogP contribution in [0.4, 0.5) is 0 Å². The van der Waals surface area contributed by atoms with E-state index in [0.717, 1.165) is 27.4 Å². The quantitative estimate of drug-likeness (QED) is 0.504. The number of nitrogens with one attached hydrogen (secondary N) is 1. The average molecular weight is 410 g/mol. The third kappa shape index (κ3) is 2.94. The molecule has 0 aliphatic carbocycles. The number of ketones is 1. The topological polar surface area (TPSA) is 76.5 Å². The lowest BCUT2D eigenvalue weighted by Gasteiger charge is -2.01. The van der Waals surface area contributed by atoms with E-state index >= 15 is 0 Å². The van der Waals surface area contributed by atoms with Gasteiger partial charge in [0.1, 0.15) is 6.54 Å². The number of aromatic amines is 1. The van der Waals surface area contributed by atoms with Crippen LogP contribution in [0.1, 0.15) is 22.8 Å². The number of fused-ring (bicyclic) bond motifs is 1. The van der Waals surface area contributed by atoms with Gasteiger partial charge in [-0.25, -0.2) is 0 Å². The molecular formula is C19H16BrN5O. The van der Waals surface area contributed by atoms with Crippen molar-refractivity contribution in [2.75, 3.05) is 0 Å². The number of halogens is 1. The summed E-state index contributed by atoms with van der Waals surface area (Å²) in [6.07, 6.45) is 2.67. The Morgan fingerprint density at radius 1 is 1.19 bits per heavy atom. The fourth-order valence-electron chi connectivity index (χ4n) is 3.02. The molecule has 130 valence electrons. The van der Waals surface area contributed by atoms with Crippen LogP contribution in [0.25, 0.3) is 22.3 Å². The first-order valence-corrected chi connectivity index (χ1v) is 9.11. The largest absolute Gasteiger partial charge is 0.360 e. The van der Waals surface area contributed by atoms with Crippen molar-refractivity contribution in [1.82, 2.24) is 25.2 Å². The number of H-pyrrole nitrogens is 1. The van der Waals surface area contributed by atoms with Crippen molar-refractivity contribution in [2.24, 2.45) is 0 Å². The van der Waals surface area contributed by atoms with Crippen LogP contribution in [0.3, 0.4) is 0 Å². The van der Waals surface area contributed by atoms with Crippen molar-refractivity contribution in [3.05, 3.63) is 64.3 Å². The van der Waals surface area contributed by atoms with Crippen molar-refractivity contribution in [1.29, 1.82) is 0 Å². The molecule has 26 heavy (non-hydrogen) atoms. The van der Waals surface area contributed by atoms with Crippen molar-refractivity contribution < 1.29 is 4.79 Å². The second-order valence-electron chi connectivity index (χ2n) is 5.94. The Morgan fingerprint density at radius 3 is 2.85 bits per heavy atom. The van der Waals surface area contributed by atoms with Gasteiger partial charge < -0.3 is 4.98 Å². The van der Waals surface area contributed by atoms with E-state index in [9.17, 15) is 4.79 Å². The summed E-state index contributed by atoms with van der Waals surface area (Å²) in [5.41, 5.74) is 3.69. The lowest BCUT2D eigenvalue weighted by molar-refractivity contribution is 0.0963. The standard InChI is InChI=1S/C19H16BrN5O/c1-2-12-6-5-8-13-15(10-21-18(12)13)17(26)11-25-23-19(22-24-25)14-7-3-4-9-16(14)20/h3-10,21H,2,11H2,1H3. The summed E-state index contributed by atoms with van der Waals surface area (Å²) in [6, 6.07) is 13.6. The minimum absolute atomic E-state index is 0.0424. The Morgan fingerprint density at radius 2 is 2.04 bits per heavy atom. The molecule has 4 rings (SSSR count). The van der Waals surface area contributed by atoms with Crippen LogP contribution in [0.2, 0.25) is 0 Å². The fourth-order valence-corrected chi connectivity index (χ4v) is 3.48. The molecule has 0 saturated carbocycles. The molecule has 0 fully saturated rings. The van der Waals surface area contributed by atoms with Crippen LogP contribution < -0.4 is 0 Å². The second-order valence-corrected chi connectivity index (χ2v) is 6.80. The van der Waals surface area contributed by atoms with E-state index in [0.29, 0.717) is 11.4 Å². The normalized spacial score (nSPS) is 11.2. The highest BCUT2D eigenvalue weighted by Crippen LogP contribution is 2.25. The van der Waals surface area contributed by atoms with Crippen LogP contribution in [0.5, 0.6) is 0 Å². The molecule has 4 aromatic rings. The lowest BCUT2D eigenvalue weighted by atomic mass is 10.1. The molecule has 1 N–H and O–H groups in total. The monoisotopic (exact) mass is 409 g/mol. The molecule has 0 aliphatic heterocycles. The number of para-hydroxylation sites is 1. The third-order valence-corrected chi connectivity index (χ3v) is 5.03. The molecule has 2 aromatic carbocycles. The smallest absolute Gasteiger partial charge is 0.206 e. The zero-order chi connectivity index (χ0) is 18.1. The Labute approximate surface area is 158 Å². The van der Waals surface area contributed by atoms with E-state index in [1.54, 1.807) is 6.20 Å². The van der Waals surface area contributed by atoms with E-state index in [1.807, 2.05) is 36.4 Å². The van der Waals surface area contributed by atoms with Gasteiger partial charge in [0.15, 0.2) is 5.78 Å². The van der Waals surface area contributed by atoms with Gasteiger partial charge in [-0.2, -0.15) is 4.80 Å². The first kappa shape index (κ1) is 16.7. The molecule has 6 nitrogen and oxygen atoms in total. The van der Waals surface area contributed by atoms with E-state index in [2.05, 4.69) is 49.3 Å². The number of Topliss-reactive ketones (excluding diaryl/α,β-unsaturated/α-hetero) is 1. The molecule has 0 atom stereocenters. The zero-order valence-corrected chi connectivity index (χ0v) is 15.7. The molecule has 0 saturated heterocycles. The van der Waals surface area contributed by atoms with Crippen molar-refractivity contribution >= 4 is 32.6 Å². The van der Waals surface area contributed by atoms with Gasteiger partial charge in [-0.15, -0.1) is 10.2 Å². The highest BCUT2D eigenvalue weighted by atomic mass is 79.9. The molecule has 0 amide bonds. The predicted molar refractivity (Wildman–Crippen MR) is 103 cm³/mol. The summed E-state index contributed by atoms with van der Waals surface area (Å²) in [5.74, 6) is 0.429. The second kappa shape index (κ2) is 6.84. The van der Waals surface area contributed by atoms with Gasteiger partial charge in [-0.05, 0) is 29.3 Å². The van der Waals surface area contributed by atoms with Crippen LogP contribution in [0.15, 0.2) is 53.1 Å². The van der Waals surface area contributed by atoms with E-state index in [-0.39, 0.29) is 12.3 Å². The number of nitrogens with zero attached hydrogens (tertiary/aromatic N) is 4. The minimum Gasteiger partial charge on any atom is -0.360 e. The number of aromatic nitrogens is 5. The van der Waals surface area contributed by atoms with Crippen LogP contribution in [-0.4, -0.2) is 31.0 Å². The van der Waals surface area contributed by atoms with E-state index in [1.165, 1.54) is 10.4 Å². The average Bonchev–Trinajstić information content (AvgIpc) is 3.28. The summed E-state index contributed by atoms with van der Waals surface area (Å²) < 4.78 is 0.884. The van der Waals surface area contributed by atoms with Crippen molar-refractivity contribution in [3.8, 4) is 11.4 Å². The number of tetrazole rings is 1. The first-order chi connectivity index (χ1) is 12.7. The lowest BCUT2D eigenvalue weighted by Crippen LogP contribution is -2.13.